The van der Waals surface area contributed by atoms with Crippen LogP contribution in [0, 0.1) is 19.8 Å². The lowest BCUT2D eigenvalue weighted by atomic mass is 9.96. The summed E-state index contributed by atoms with van der Waals surface area (Å²) in [6.07, 6.45) is 4.01. The predicted molar refractivity (Wildman–Crippen MR) is 96.5 cm³/mol. The molecule has 0 aliphatic carbocycles. The van der Waals surface area contributed by atoms with Crippen molar-refractivity contribution >= 4 is 18.3 Å². The first-order valence-electron chi connectivity index (χ1n) is 8.32. The molecule has 1 saturated heterocycles. The minimum atomic E-state index is 0. The standard InChI is InChI=1S/C18H28N2O2.ClH/c1-14-5-6-15(2)17(12-14)22-11-8-18(21)20-10-7-16-4-3-9-19-13-16;/h5-6,12,16,19H,3-4,7-11,13H2,1-2H3,(H,20,21);1H. The van der Waals surface area contributed by atoms with Crippen LogP contribution in [0.2, 0.25) is 0 Å². The molecule has 1 atom stereocenters. The van der Waals surface area contributed by atoms with Crippen molar-refractivity contribution in [3.05, 3.63) is 29.3 Å². The Kier molecular flexibility index (Phi) is 9.03. The van der Waals surface area contributed by atoms with Crippen molar-refractivity contribution in [3.8, 4) is 5.75 Å². The maximum Gasteiger partial charge on any atom is 0.223 e. The minimum Gasteiger partial charge on any atom is -0.493 e. The molecule has 0 aromatic heterocycles. The van der Waals surface area contributed by atoms with E-state index >= 15 is 0 Å². The molecule has 0 radical (unpaired) electrons. The van der Waals surface area contributed by atoms with E-state index in [1.54, 1.807) is 0 Å². The quantitative estimate of drug-likeness (QED) is 0.802. The summed E-state index contributed by atoms with van der Waals surface area (Å²) in [5.74, 6) is 1.66. The number of hydrogen-bond donors (Lipinski definition) is 2. The lowest BCUT2D eigenvalue weighted by Gasteiger charge is -2.22. The van der Waals surface area contributed by atoms with Crippen molar-refractivity contribution in [2.75, 3.05) is 26.2 Å². The molecule has 130 valence electrons. The van der Waals surface area contributed by atoms with Gasteiger partial charge in [0.1, 0.15) is 5.75 Å². The summed E-state index contributed by atoms with van der Waals surface area (Å²) in [6.45, 7) is 7.49. The molecule has 1 aromatic rings. The number of rotatable bonds is 7. The molecule has 1 aliphatic heterocycles. The summed E-state index contributed by atoms with van der Waals surface area (Å²) in [7, 11) is 0. The molecule has 1 unspecified atom stereocenters. The van der Waals surface area contributed by atoms with E-state index in [0.29, 0.717) is 18.9 Å². The second kappa shape index (κ2) is 10.5. The Labute approximate surface area is 145 Å². The van der Waals surface area contributed by atoms with Crippen LogP contribution >= 0.6 is 12.4 Å². The molecule has 1 aliphatic rings. The van der Waals surface area contributed by atoms with E-state index in [4.69, 9.17) is 4.74 Å². The Bertz CT molecular complexity index is 488. The van der Waals surface area contributed by atoms with Gasteiger partial charge in [0.2, 0.25) is 5.91 Å². The van der Waals surface area contributed by atoms with Crippen LogP contribution in [-0.4, -0.2) is 32.1 Å². The third-order valence-electron chi connectivity index (χ3n) is 4.20. The molecule has 1 amide bonds. The van der Waals surface area contributed by atoms with E-state index in [1.165, 1.54) is 18.4 Å². The number of amides is 1. The van der Waals surface area contributed by atoms with E-state index < -0.39 is 0 Å². The van der Waals surface area contributed by atoms with Gasteiger partial charge in [-0.15, -0.1) is 12.4 Å². The van der Waals surface area contributed by atoms with Crippen LogP contribution in [-0.2, 0) is 4.79 Å². The van der Waals surface area contributed by atoms with Gasteiger partial charge in [-0.1, -0.05) is 12.1 Å². The minimum absolute atomic E-state index is 0. The monoisotopic (exact) mass is 340 g/mol. The Balaban J connectivity index is 0.00000264. The van der Waals surface area contributed by atoms with Crippen LogP contribution in [0.15, 0.2) is 18.2 Å². The fourth-order valence-corrected chi connectivity index (χ4v) is 2.79. The summed E-state index contributed by atoms with van der Waals surface area (Å²) in [6, 6.07) is 6.13. The zero-order valence-corrected chi connectivity index (χ0v) is 15.0. The Morgan fingerprint density at radius 2 is 2.22 bits per heavy atom. The van der Waals surface area contributed by atoms with Crippen molar-refractivity contribution in [1.29, 1.82) is 0 Å². The fourth-order valence-electron chi connectivity index (χ4n) is 2.79. The summed E-state index contributed by atoms with van der Waals surface area (Å²) >= 11 is 0. The van der Waals surface area contributed by atoms with E-state index in [1.807, 2.05) is 26.0 Å². The van der Waals surface area contributed by atoms with E-state index in [0.717, 1.165) is 37.4 Å². The molecule has 4 nitrogen and oxygen atoms in total. The molecule has 0 bridgehead atoms. The number of piperidine rings is 1. The third kappa shape index (κ3) is 7.23. The van der Waals surface area contributed by atoms with Crippen LogP contribution in [0.5, 0.6) is 5.75 Å². The van der Waals surface area contributed by atoms with Crippen LogP contribution in [0.1, 0.15) is 36.8 Å². The first-order chi connectivity index (χ1) is 10.6. The van der Waals surface area contributed by atoms with Gasteiger partial charge in [-0.2, -0.15) is 0 Å². The zero-order valence-electron chi connectivity index (χ0n) is 14.2. The molecule has 2 N–H and O–H groups in total. The van der Waals surface area contributed by atoms with Gasteiger partial charge in [0.05, 0.1) is 13.0 Å². The van der Waals surface area contributed by atoms with Crippen molar-refractivity contribution in [3.63, 3.8) is 0 Å². The van der Waals surface area contributed by atoms with E-state index in [-0.39, 0.29) is 18.3 Å². The molecule has 5 heteroatoms. The van der Waals surface area contributed by atoms with Crippen LogP contribution in [0.3, 0.4) is 0 Å². The van der Waals surface area contributed by atoms with Crippen LogP contribution in [0.25, 0.3) is 0 Å². The van der Waals surface area contributed by atoms with Crippen molar-refractivity contribution in [2.24, 2.45) is 5.92 Å². The average Bonchev–Trinajstić information content (AvgIpc) is 2.52. The third-order valence-corrected chi connectivity index (χ3v) is 4.20. The number of ether oxygens (including phenoxy) is 1. The first kappa shape index (κ1) is 19.8. The SMILES string of the molecule is Cc1ccc(C)c(OCCC(=O)NCCC2CCCNC2)c1.Cl. The zero-order chi connectivity index (χ0) is 15.8. The Hall–Kier alpha value is -1.26. The van der Waals surface area contributed by atoms with Gasteiger partial charge in [0.15, 0.2) is 0 Å². The highest BCUT2D eigenvalue weighted by Crippen LogP contribution is 2.19. The average molecular weight is 341 g/mol. The van der Waals surface area contributed by atoms with Crippen molar-refractivity contribution < 1.29 is 9.53 Å². The molecular formula is C18H29ClN2O2. The van der Waals surface area contributed by atoms with E-state index in [2.05, 4.69) is 16.7 Å². The molecule has 0 spiro atoms. The number of aryl methyl sites for hydroxylation is 2. The second-order valence-corrected chi connectivity index (χ2v) is 6.22. The smallest absolute Gasteiger partial charge is 0.223 e. The molecule has 1 heterocycles. The number of halogens is 1. The summed E-state index contributed by atoms with van der Waals surface area (Å²) in [4.78, 5) is 11.8. The highest BCUT2D eigenvalue weighted by molar-refractivity contribution is 5.85. The first-order valence-corrected chi connectivity index (χ1v) is 8.32. The molecule has 1 fully saturated rings. The largest absolute Gasteiger partial charge is 0.493 e. The van der Waals surface area contributed by atoms with Crippen molar-refractivity contribution in [1.82, 2.24) is 10.6 Å². The molecule has 2 rings (SSSR count). The van der Waals surface area contributed by atoms with Gasteiger partial charge in [0, 0.05) is 6.54 Å². The fraction of sp³-hybridized carbons (Fsp3) is 0.611. The molecule has 23 heavy (non-hydrogen) atoms. The van der Waals surface area contributed by atoms with Gasteiger partial charge < -0.3 is 15.4 Å². The van der Waals surface area contributed by atoms with Crippen molar-refractivity contribution in [2.45, 2.75) is 39.5 Å². The highest BCUT2D eigenvalue weighted by Gasteiger charge is 2.12. The number of nitrogens with one attached hydrogen (secondary N) is 2. The second-order valence-electron chi connectivity index (χ2n) is 6.22. The van der Waals surface area contributed by atoms with Gasteiger partial charge in [-0.3, -0.25) is 4.79 Å². The van der Waals surface area contributed by atoms with Gasteiger partial charge >= 0.3 is 0 Å². The van der Waals surface area contributed by atoms with Gasteiger partial charge in [-0.25, -0.2) is 0 Å². The number of carbonyl (C=O) groups excluding carboxylic acids is 1. The van der Waals surface area contributed by atoms with E-state index in [9.17, 15) is 4.79 Å². The normalized spacial score (nSPS) is 17.2. The highest BCUT2D eigenvalue weighted by atomic mass is 35.5. The maximum absolute atomic E-state index is 11.8. The summed E-state index contributed by atoms with van der Waals surface area (Å²) in [5.41, 5.74) is 2.28. The lowest BCUT2D eigenvalue weighted by Crippen LogP contribution is -2.33. The molecular weight excluding hydrogens is 312 g/mol. The number of carbonyl (C=O) groups is 1. The predicted octanol–water partition coefficient (Wildman–Crippen LogP) is 3.00. The Morgan fingerprint density at radius 3 is 2.96 bits per heavy atom. The summed E-state index contributed by atoms with van der Waals surface area (Å²) in [5, 5.41) is 6.40. The number of hydrogen-bond acceptors (Lipinski definition) is 3. The Morgan fingerprint density at radius 1 is 1.39 bits per heavy atom. The summed E-state index contributed by atoms with van der Waals surface area (Å²) < 4.78 is 5.71. The van der Waals surface area contributed by atoms with Gasteiger partial charge in [0.25, 0.3) is 0 Å². The molecule has 0 saturated carbocycles. The number of benzene rings is 1. The van der Waals surface area contributed by atoms with Gasteiger partial charge in [-0.05, 0) is 69.3 Å². The topological polar surface area (TPSA) is 50.4 Å². The lowest BCUT2D eigenvalue weighted by molar-refractivity contribution is -0.121. The molecule has 1 aromatic carbocycles. The maximum atomic E-state index is 11.8. The van der Waals surface area contributed by atoms with Crippen LogP contribution < -0.4 is 15.4 Å². The van der Waals surface area contributed by atoms with Crippen LogP contribution in [0.4, 0.5) is 0 Å².